The molecule has 0 amide bonds. The summed E-state index contributed by atoms with van der Waals surface area (Å²) in [6.07, 6.45) is 6.78. The van der Waals surface area contributed by atoms with Gasteiger partial charge in [-0.2, -0.15) is 0 Å². The summed E-state index contributed by atoms with van der Waals surface area (Å²) in [5.74, 6) is 1.64. The second-order valence-corrected chi connectivity index (χ2v) is 8.28. The average molecular weight is 339 g/mol. The Morgan fingerprint density at radius 1 is 1.12 bits per heavy atom. The summed E-state index contributed by atoms with van der Waals surface area (Å²) < 4.78 is 5.66. The molecule has 0 heterocycles. The first-order valence-electron chi connectivity index (χ1n) is 9.82. The normalized spacial score (nSPS) is 33.5. The maximum Gasteiger partial charge on any atom is 0.0623 e. The maximum atomic E-state index is 11.0. The number of hydrogen-bond donors (Lipinski definition) is 1. The minimum atomic E-state index is -1.11. The fourth-order valence-corrected chi connectivity index (χ4v) is 4.36. The lowest BCUT2D eigenvalue weighted by molar-refractivity contribution is -0.314. The molecule has 4 nitrogen and oxygen atoms in total. The van der Waals surface area contributed by atoms with E-state index in [4.69, 9.17) is 4.74 Å². The number of ether oxygens (including phenoxy) is 1. The molecule has 2 saturated carbocycles. The minimum absolute atomic E-state index is 0.384. The molecule has 2 fully saturated rings. The molecule has 0 saturated heterocycles. The van der Waals surface area contributed by atoms with Gasteiger partial charge in [0, 0.05) is 19.0 Å². The maximum absolute atomic E-state index is 11.0. The summed E-state index contributed by atoms with van der Waals surface area (Å²) in [7, 11) is 1.83. The van der Waals surface area contributed by atoms with E-state index in [0.717, 1.165) is 24.7 Å². The molecule has 24 heavy (non-hydrogen) atoms. The van der Waals surface area contributed by atoms with E-state index >= 15 is 0 Å². The smallest absolute Gasteiger partial charge is 0.0623 e. The fraction of sp³-hybridized carbons (Fsp3) is 0.950. The van der Waals surface area contributed by atoms with Crippen LogP contribution in [0.25, 0.3) is 0 Å². The number of aliphatic hydroxyl groups is 1. The standard InChI is InChI=1S/C20H36O4/c1-5-12(3)19(24-4)11-16-9-14(16)7-13-8-15(13)10-18(21)17(6-2)20(22)23/h12-19,21H,5-11H2,1-4H3,(H,22,23)/p-1/t12-,13?,14?,15?,16?,17+,18+,19-/m0/s1. The van der Waals surface area contributed by atoms with Gasteiger partial charge in [-0.1, -0.05) is 27.2 Å². The third-order valence-corrected chi connectivity index (χ3v) is 6.61. The van der Waals surface area contributed by atoms with Crippen LogP contribution < -0.4 is 5.11 Å². The molecule has 0 spiro atoms. The van der Waals surface area contributed by atoms with Crippen molar-refractivity contribution in [2.45, 2.75) is 77.9 Å². The number of carboxylic acid groups (broad SMARTS) is 1. The zero-order valence-corrected chi connectivity index (χ0v) is 15.7. The lowest BCUT2D eigenvalue weighted by Crippen LogP contribution is -2.38. The first-order chi connectivity index (χ1) is 11.4. The molecule has 2 aliphatic carbocycles. The van der Waals surface area contributed by atoms with Crippen LogP contribution in [0, 0.1) is 35.5 Å². The van der Waals surface area contributed by atoms with Gasteiger partial charge in [-0.15, -0.1) is 0 Å². The van der Waals surface area contributed by atoms with Crippen molar-refractivity contribution in [3.63, 3.8) is 0 Å². The highest BCUT2D eigenvalue weighted by Gasteiger charge is 2.47. The lowest BCUT2D eigenvalue weighted by Gasteiger charge is -2.22. The van der Waals surface area contributed by atoms with Gasteiger partial charge in [-0.25, -0.2) is 0 Å². The molecule has 0 aromatic rings. The number of carbonyl (C=O) groups excluding carboxylic acids is 1. The van der Waals surface area contributed by atoms with Gasteiger partial charge in [0.1, 0.15) is 0 Å². The molecule has 0 bridgehead atoms. The quantitative estimate of drug-likeness (QED) is 0.593. The van der Waals surface area contributed by atoms with Gasteiger partial charge in [-0.05, 0) is 68.1 Å². The van der Waals surface area contributed by atoms with Crippen LogP contribution in [0.2, 0.25) is 0 Å². The van der Waals surface area contributed by atoms with Crippen LogP contribution >= 0.6 is 0 Å². The molecule has 8 atom stereocenters. The van der Waals surface area contributed by atoms with Crippen molar-refractivity contribution < 1.29 is 19.7 Å². The SMILES string of the molecule is CC[C@H](C)[C@H](CC1CC1CC1CC1C[C@@H](O)[C@@H](CC)C(=O)[O-])OC. The molecule has 2 rings (SSSR count). The molecular formula is C20H35O4-. The largest absolute Gasteiger partial charge is 0.550 e. The van der Waals surface area contributed by atoms with E-state index in [9.17, 15) is 15.0 Å². The van der Waals surface area contributed by atoms with Crippen molar-refractivity contribution in [1.82, 2.24) is 0 Å². The molecule has 1 N–H and O–H groups in total. The first-order valence-corrected chi connectivity index (χ1v) is 9.82. The van der Waals surface area contributed by atoms with E-state index in [1.165, 1.54) is 19.3 Å². The van der Waals surface area contributed by atoms with Crippen molar-refractivity contribution >= 4 is 5.97 Å². The second kappa shape index (κ2) is 8.66. The number of hydrogen-bond acceptors (Lipinski definition) is 4. The molecule has 0 radical (unpaired) electrons. The molecule has 2 aliphatic rings. The Hall–Kier alpha value is -0.610. The molecule has 140 valence electrons. The highest BCUT2D eigenvalue weighted by atomic mass is 16.5. The summed E-state index contributed by atoms with van der Waals surface area (Å²) in [6.45, 7) is 6.29. The van der Waals surface area contributed by atoms with Crippen LogP contribution in [0.3, 0.4) is 0 Å². The predicted octanol–water partition coefficient (Wildman–Crippen LogP) is 2.63. The number of methoxy groups -OCH3 is 1. The van der Waals surface area contributed by atoms with E-state index in [1.54, 1.807) is 6.92 Å². The minimum Gasteiger partial charge on any atom is -0.550 e. The van der Waals surface area contributed by atoms with Crippen molar-refractivity contribution in [3.05, 3.63) is 0 Å². The van der Waals surface area contributed by atoms with Crippen LogP contribution in [0.5, 0.6) is 0 Å². The summed E-state index contributed by atoms with van der Waals surface area (Å²) >= 11 is 0. The number of carbonyl (C=O) groups is 1. The van der Waals surface area contributed by atoms with Crippen molar-refractivity contribution in [2.75, 3.05) is 7.11 Å². The zero-order chi connectivity index (χ0) is 17.9. The van der Waals surface area contributed by atoms with Gasteiger partial charge < -0.3 is 19.7 Å². The number of carboxylic acids is 1. The van der Waals surface area contributed by atoms with Gasteiger partial charge in [-0.3, -0.25) is 0 Å². The van der Waals surface area contributed by atoms with Crippen molar-refractivity contribution in [2.24, 2.45) is 35.5 Å². The van der Waals surface area contributed by atoms with E-state index < -0.39 is 18.0 Å². The number of rotatable bonds is 12. The number of aliphatic carboxylic acids is 1. The predicted molar refractivity (Wildman–Crippen MR) is 92.1 cm³/mol. The van der Waals surface area contributed by atoms with E-state index in [-0.39, 0.29) is 0 Å². The summed E-state index contributed by atoms with van der Waals surface area (Å²) in [5, 5.41) is 21.1. The third-order valence-electron chi connectivity index (χ3n) is 6.61. The second-order valence-electron chi connectivity index (χ2n) is 8.28. The fourth-order valence-electron chi connectivity index (χ4n) is 4.36. The third kappa shape index (κ3) is 5.19. The highest BCUT2D eigenvalue weighted by molar-refractivity contribution is 5.68. The highest BCUT2D eigenvalue weighted by Crippen LogP contribution is 2.55. The molecule has 0 aromatic carbocycles. The van der Waals surface area contributed by atoms with Crippen molar-refractivity contribution in [1.29, 1.82) is 0 Å². The Labute approximate surface area is 147 Å². The summed E-state index contributed by atoms with van der Waals surface area (Å²) in [6, 6.07) is 0. The lowest BCUT2D eigenvalue weighted by atomic mass is 9.94. The molecule has 4 unspecified atom stereocenters. The van der Waals surface area contributed by atoms with Gasteiger partial charge in [0.25, 0.3) is 0 Å². The Balaban J connectivity index is 1.66. The summed E-state index contributed by atoms with van der Waals surface area (Å²) in [4.78, 5) is 11.0. The van der Waals surface area contributed by atoms with Gasteiger partial charge in [0.15, 0.2) is 0 Å². The van der Waals surface area contributed by atoms with Crippen LogP contribution in [-0.2, 0) is 9.53 Å². The molecule has 0 aliphatic heterocycles. The molecule has 4 heteroatoms. The van der Waals surface area contributed by atoms with Crippen molar-refractivity contribution in [3.8, 4) is 0 Å². The van der Waals surface area contributed by atoms with Crippen LogP contribution in [-0.4, -0.2) is 30.4 Å². The molecule has 0 aromatic heterocycles. The Bertz CT molecular complexity index is 410. The monoisotopic (exact) mass is 339 g/mol. The Morgan fingerprint density at radius 3 is 2.17 bits per heavy atom. The Morgan fingerprint density at radius 2 is 1.71 bits per heavy atom. The average Bonchev–Trinajstić information content (AvgIpc) is 3.44. The van der Waals surface area contributed by atoms with Crippen LogP contribution in [0.4, 0.5) is 0 Å². The van der Waals surface area contributed by atoms with Gasteiger partial charge in [0.2, 0.25) is 0 Å². The Kier molecular flexibility index (Phi) is 7.11. The van der Waals surface area contributed by atoms with Gasteiger partial charge in [0.05, 0.1) is 12.2 Å². The van der Waals surface area contributed by atoms with E-state index in [1.807, 2.05) is 7.11 Å². The molecular weight excluding hydrogens is 304 g/mol. The first kappa shape index (κ1) is 19.7. The number of aliphatic hydroxyl groups excluding tert-OH is 1. The van der Waals surface area contributed by atoms with Crippen LogP contribution in [0.1, 0.15) is 65.7 Å². The van der Waals surface area contributed by atoms with Crippen LogP contribution in [0.15, 0.2) is 0 Å². The summed E-state index contributed by atoms with van der Waals surface area (Å²) in [5.41, 5.74) is 0. The van der Waals surface area contributed by atoms with E-state index in [0.29, 0.717) is 36.7 Å². The zero-order valence-electron chi connectivity index (χ0n) is 15.7. The van der Waals surface area contributed by atoms with Gasteiger partial charge >= 0.3 is 0 Å². The topological polar surface area (TPSA) is 69.6 Å². The van der Waals surface area contributed by atoms with E-state index in [2.05, 4.69) is 13.8 Å².